The van der Waals surface area contributed by atoms with Crippen LogP contribution in [0, 0.1) is 5.92 Å². The van der Waals surface area contributed by atoms with Crippen LogP contribution in [0.25, 0.3) is 0 Å². The van der Waals surface area contributed by atoms with Crippen molar-refractivity contribution in [2.45, 2.75) is 70.9 Å². The van der Waals surface area contributed by atoms with Gasteiger partial charge in [0.2, 0.25) is 0 Å². The van der Waals surface area contributed by atoms with Crippen molar-refractivity contribution in [2.75, 3.05) is 4.43 Å². The monoisotopic (exact) mass is 364 g/mol. The summed E-state index contributed by atoms with van der Waals surface area (Å²) < 4.78 is 37.2. The molecule has 0 aliphatic carbocycles. The van der Waals surface area contributed by atoms with E-state index < -0.39 is 12.6 Å². The molecule has 1 atom stereocenters. The molecule has 0 bridgehead atoms. The Balaban J connectivity index is 3.66. The van der Waals surface area contributed by atoms with E-state index in [0.29, 0.717) is 12.3 Å². The van der Waals surface area contributed by atoms with Crippen molar-refractivity contribution >= 4 is 22.6 Å². The second-order valence-corrected chi connectivity index (χ2v) is 5.78. The predicted octanol–water partition coefficient (Wildman–Crippen LogP) is 6.13. The van der Waals surface area contributed by atoms with Gasteiger partial charge in [-0.25, -0.2) is 0 Å². The first kappa shape index (κ1) is 17.5. The number of hydrogen-bond donors (Lipinski definition) is 0. The molecule has 1 unspecified atom stereocenters. The lowest BCUT2D eigenvalue weighted by Gasteiger charge is -2.16. The standard InChI is InChI=1S/C13H24F3I/c1-2-3-4-5-7-12(9-11-17)8-6-10-13(14,15)16/h12H,2-11H2,1H3. The molecule has 17 heavy (non-hydrogen) atoms. The van der Waals surface area contributed by atoms with Crippen LogP contribution < -0.4 is 0 Å². The van der Waals surface area contributed by atoms with E-state index in [-0.39, 0.29) is 0 Å². The molecule has 0 amide bonds. The van der Waals surface area contributed by atoms with Gasteiger partial charge in [0.1, 0.15) is 0 Å². The SMILES string of the molecule is CCCCCCC(CCI)CCCC(F)(F)F. The molecule has 0 aromatic rings. The Labute approximate surface area is 117 Å². The van der Waals surface area contributed by atoms with E-state index in [1.807, 2.05) is 0 Å². The van der Waals surface area contributed by atoms with E-state index in [2.05, 4.69) is 29.5 Å². The van der Waals surface area contributed by atoms with E-state index in [1.165, 1.54) is 25.7 Å². The van der Waals surface area contributed by atoms with Gasteiger partial charge in [-0.15, -0.1) is 0 Å². The van der Waals surface area contributed by atoms with E-state index in [0.717, 1.165) is 23.7 Å². The lowest BCUT2D eigenvalue weighted by molar-refractivity contribution is -0.136. The number of rotatable bonds is 10. The molecule has 0 aliphatic heterocycles. The number of alkyl halides is 4. The minimum atomic E-state index is -3.98. The summed E-state index contributed by atoms with van der Waals surface area (Å²) in [5.41, 5.74) is 0. The van der Waals surface area contributed by atoms with Gasteiger partial charge in [-0.3, -0.25) is 0 Å². The summed E-state index contributed by atoms with van der Waals surface area (Å²) >= 11 is 2.32. The molecule has 0 spiro atoms. The Kier molecular flexibility index (Phi) is 10.8. The molecular weight excluding hydrogens is 340 g/mol. The normalized spacial score (nSPS) is 13.9. The van der Waals surface area contributed by atoms with Gasteiger partial charge < -0.3 is 0 Å². The van der Waals surface area contributed by atoms with Crippen LogP contribution >= 0.6 is 22.6 Å². The molecule has 0 nitrogen and oxygen atoms in total. The van der Waals surface area contributed by atoms with Crippen molar-refractivity contribution in [2.24, 2.45) is 5.92 Å². The minimum Gasteiger partial charge on any atom is -0.171 e. The first-order valence-corrected chi connectivity index (χ1v) is 8.15. The largest absolute Gasteiger partial charge is 0.389 e. The summed E-state index contributed by atoms with van der Waals surface area (Å²) in [4.78, 5) is 0. The van der Waals surface area contributed by atoms with E-state index in [9.17, 15) is 13.2 Å². The van der Waals surface area contributed by atoms with Gasteiger partial charge in [0.05, 0.1) is 0 Å². The summed E-state index contributed by atoms with van der Waals surface area (Å²) in [5, 5.41) is 0. The Hall–Kier alpha value is 0.520. The van der Waals surface area contributed by atoms with Gasteiger partial charge in [0.15, 0.2) is 0 Å². The van der Waals surface area contributed by atoms with Gasteiger partial charge >= 0.3 is 6.18 Å². The highest BCUT2D eigenvalue weighted by Gasteiger charge is 2.26. The molecule has 0 aromatic carbocycles. The van der Waals surface area contributed by atoms with Crippen molar-refractivity contribution in [3.8, 4) is 0 Å². The highest BCUT2D eigenvalue weighted by Crippen LogP contribution is 2.27. The number of hydrogen-bond acceptors (Lipinski definition) is 0. The van der Waals surface area contributed by atoms with Crippen LogP contribution in [0.1, 0.15) is 64.7 Å². The van der Waals surface area contributed by atoms with Crippen LogP contribution in [-0.4, -0.2) is 10.6 Å². The van der Waals surface area contributed by atoms with Crippen molar-refractivity contribution in [3.05, 3.63) is 0 Å². The second kappa shape index (κ2) is 10.4. The van der Waals surface area contributed by atoms with Gasteiger partial charge in [0.25, 0.3) is 0 Å². The van der Waals surface area contributed by atoms with E-state index >= 15 is 0 Å². The Bertz CT molecular complexity index is 169. The van der Waals surface area contributed by atoms with Gasteiger partial charge in [0, 0.05) is 6.42 Å². The lowest BCUT2D eigenvalue weighted by atomic mass is 9.93. The predicted molar refractivity (Wildman–Crippen MR) is 75.7 cm³/mol. The molecule has 0 aliphatic rings. The fourth-order valence-corrected chi connectivity index (χ4v) is 2.92. The average molecular weight is 364 g/mol. The van der Waals surface area contributed by atoms with Crippen LogP contribution in [-0.2, 0) is 0 Å². The fourth-order valence-electron chi connectivity index (χ4n) is 2.04. The molecular formula is C13H24F3I. The van der Waals surface area contributed by atoms with Gasteiger partial charge in [-0.05, 0) is 23.2 Å². The van der Waals surface area contributed by atoms with Crippen LogP contribution in [0.4, 0.5) is 13.2 Å². The molecule has 0 fully saturated rings. The molecule has 0 saturated carbocycles. The van der Waals surface area contributed by atoms with Gasteiger partial charge in [-0.2, -0.15) is 13.2 Å². The highest BCUT2D eigenvalue weighted by atomic mass is 127. The number of halogens is 4. The smallest absolute Gasteiger partial charge is 0.171 e. The maximum absolute atomic E-state index is 12.0. The zero-order valence-corrected chi connectivity index (χ0v) is 12.8. The molecule has 0 heterocycles. The van der Waals surface area contributed by atoms with Crippen LogP contribution in [0.5, 0.6) is 0 Å². The van der Waals surface area contributed by atoms with E-state index in [4.69, 9.17) is 0 Å². The fraction of sp³-hybridized carbons (Fsp3) is 1.00. The maximum atomic E-state index is 12.0. The first-order chi connectivity index (χ1) is 7.99. The lowest BCUT2D eigenvalue weighted by Crippen LogP contribution is -2.09. The zero-order chi connectivity index (χ0) is 13.1. The zero-order valence-electron chi connectivity index (χ0n) is 10.7. The van der Waals surface area contributed by atoms with Crippen molar-refractivity contribution in [3.63, 3.8) is 0 Å². The number of unbranched alkanes of at least 4 members (excludes halogenated alkanes) is 3. The summed E-state index contributed by atoms with van der Waals surface area (Å²) in [6.45, 7) is 2.17. The highest BCUT2D eigenvalue weighted by molar-refractivity contribution is 14.1. The Morgan fingerprint density at radius 2 is 1.59 bits per heavy atom. The summed E-state index contributed by atoms with van der Waals surface area (Å²) in [6, 6.07) is 0. The van der Waals surface area contributed by atoms with Crippen LogP contribution in [0.15, 0.2) is 0 Å². The maximum Gasteiger partial charge on any atom is 0.389 e. The quantitative estimate of drug-likeness (QED) is 0.248. The third-order valence-electron chi connectivity index (χ3n) is 3.06. The van der Waals surface area contributed by atoms with Crippen molar-refractivity contribution < 1.29 is 13.2 Å². The molecule has 0 rings (SSSR count). The minimum absolute atomic E-state index is 0.304. The topological polar surface area (TPSA) is 0 Å². The summed E-state index contributed by atoms with van der Waals surface area (Å²) in [7, 11) is 0. The summed E-state index contributed by atoms with van der Waals surface area (Å²) in [5.74, 6) is 0.506. The van der Waals surface area contributed by atoms with E-state index in [1.54, 1.807) is 0 Å². The third-order valence-corrected chi connectivity index (χ3v) is 3.68. The van der Waals surface area contributed by atoms with Crippen LogP contribution in [0.2, 0.25) is 0 Å². The third kappa shape index (κ3) is 12.8. The molecule has 0 radical (unpaired) electrons. The molecule has 4 heteroatoms. The Morgan fingerprint density at radius 1 is 0.941 bits per heavy atom. The molecule has 104 valence electrons. The van der Waals surface area contributed by atoms with Crippen molar-refractivity contribution in [1.82, 2.24) is 0 Å². The average Bonchev–Trinajstić information content (AvgIpc) is 2.22. The molecule has 0 saturated heterocycles. The van der Waals surface area contributed by atoms with Gasteiger partial charge in [-0.1, -0.05) is 68.0 Å². The Morgan fingerprint density at radius 3 is 2.12 bits per heavy atom. The second-order valence-electron chi connectivity index (χ2n) is 4.70. The molecule has 0 aromatic heterocycles. The summed E-state index contributed by atoms with van der Waals surface area (Å²) in [6.07, 6.45) is 3.52. The van der Waals surface area contributed by atoms with Crippen molar-refractivity contribution in [1.29, 1.82) is 0 Å². The first-order valence-electron chi connectivity index (χ1n) is 6.62. The van der Waals surface area contributed by atoms with Crippen LogP contribution in [0.3, 0.4) is 0 Å². The molecule has 0 N–H and O–H groups in total.